The number of fused-ring (bicyclic) bond motifs is 2. The summed E-state index contributed by atoms with van der Waals surface area (Å²) >= 11 is 0. The number of methoxy groups -OCH3 is 1. The molecule has 2 saturated heterocycles. The Morgan fingerprint density at radius 2 is 1.80 bits per heavy atom. The molecule has 6 rings (SSSR count). The number of nitrogens with two attached hydrogens (primary N) is 3. The number of piperidine rings is 2. The molecule has 2 saturated carbocycles. The summed E-state index contributed by atoms with van der Waals surface area (Å²) in [6, 6.07) is 0.463. The van der Waals surface area contributed by atoms with Crippen LogP contribution < -0.4 is 16.4 Å². The lowest BCUT2D eigenvalue weighted by atomic mass is 9.67. The van der Waals surface area contributed by atoms with Crippen LogP contribution in [0.25, 0.3) is 0 Å². The van der Waals surface area contributed by atoms with E-state index in [9.17, 15) is 30.0 Å². The molecule has 11 nitrogen and oxygen atoms in total. The highest BCUT2D eigenvalue weighted by molar-refractivity contribution is 5.84. The van der Waals surface area contributed by atoms with E-state index < -0.39 is 30.3 Å². The summed E-state index contributed by atoms with van der Waals surface area (Å²) in [5, 5.41) is 49.8. The monoisotopic (exact) mass is 754 g/mol. The molecule has 3 aliphatic carbocycles. The third-order valence-corrected chi connectivity index (χ3v) is 14.3. The van der Waals surface area contributed by atoms with Crippen molar-refractivity contribution >= 4 is 17.8 Å². The van der Waals surface area contributed by atoms with Gasteiger partial charge < -0.3 is 35.8 Å². The van der Waals surface area contributed by atoms with Gasteiger partial charge in [0.1, 0.15) is 35.8 Å². The number of aliphatic hydroxyl groups excluding tert-OH is 4. The van der Waals surface area contributed by atoms with E-state index in [-0.39, 0.29) is 42.2 Å². The molecule has 3 heterocycles. The van der Waals surface area contributed by atoms with Crippen LogP contribution in [0.3, 0.4) is 0 Å². The van der Waals surface area contributed by atoms with Crippen LogP contribution in [0.2, 0.25) is 0 Å². The summed E-state index contributed by atoms with van der Waals surface area (Å²) in [5.74, 6) is 7.84. The molecule has 0 aromatic heterocycles. The minimum Gasteiger partial charge on any atom is -0.391 e. The first-order valence-corrected chi connectivity index (χ1v) is 21.4. The molecule has 11 heteroatoms. The maximum atomic E-state index is 13.6. The highest BCUT2D eigenvalue weighted by Crippen LogP contribution is 2.42. The van der Waals surface area contributed by atoms with Gasteiger partial charge in [0.15, 0.2) is 6.21 Å². The van der Waals surface area contributed by atoms with E-state index >= 15 is 0 Å². The molecule has 54 heavy (non-hydrogen) atoms. The normalized spacial score (nSPS) is 38.7. The predicted molar refractivity (Wildman–Crippen MR) is 205 cm³/mol. The Kier molecular flexibility index (Phi) is 15.2. The maximum absolute atomic E-state index is 13.6. The lowest BCUT2D eigenvalue weighted by Crippen LogP contribution is -2.96. The van der Waals surface area contributed by atoms with Gasteiger partial charge in [-0.2, -0.15) is 0 Å². The summed E-state index contributed by atoms with van der Waals surface area (Å²) in [7, 11) is 1.61. The molecule has 3 aliphatic heterocycles. The van der Waals surface area contributed by atoms with Gasteiger partial charge in [-0.1, -0.05) is 24.7 Å². The molecule has 15 atom stereocenters. The third kappa shape index (κ3) is 11.0. The first kappa shape index (κ1) is 41.5. The second-order valence-corrected chi connectivity index (χ2v) is 18.0. The number of hydrogen-bond donors (Lipinski definition) is 7. The zero-order valence-corrected chi connectivity index (χ0v) is 32.5. The number of ether oxygens (including phenoxy) is 1. The summed E-state index contributed by atoms with van der Waals surface area (Å²) in [6.07, 6.45) is 12.5. The fraction of sp³-hybridized carbons (Fsp3) is 0.814. The van der Waals surface area contributed by atoms with Gasteiger partial charge in [-0.15, -0.1) is 4.99 Å². The minimum absolute atomic E-state index is 0.0331. The summed E-state index contributed by atoms with van der Waals surface area (Å²) < 4.78 is 5.63. The van der Waals surface area contributed by atoms with Gasteiger partial charge >= 0.3 is 0 Å². The molecular weight excluding hydrogens is 684 g/mol. The maximum Gasteiger partial charge on any atom is 0.176 e. The smallest absolute Gasteiger partial charge is 0.176 e. The van der Waals surface area contributed by atoms with E-state index in [2.05, 4.69) is 33.5 Å². The lowest BCUT2D eigenvalue weighted by Gasteiger charge is -2.41. The van der Waals surface area contributed by atoms with Crippen molar-refractivity contribution in [1.29, 1.82) is 0 Å². The van der Waals surface area contributed by atoms with Gasteiger partial charge in [0.25, 0.3) is 0 Å². The number of nitrogens with zero attached hydrogens (tertiary/aromatic N) is 1. The Hall–Kier alpha value is -2.14. The number of aliphatic hydroxyl groups is 4. The molecule has 0 bridgehead atoms. The molecule has 10 N–H and O–H groups in total. The average molecular weight is 754 g/mol. The minimum atomic E-state index is -1.01. The van der Waals surface area contributed by atoms with Crippen molar-refractivity contribution in [3.8, 4) is 11.8 Å². The highest BCUT2D eigenvalue weighted by atomic mass is 16.5. The Labute approximate surface area is 322 Å². The molecule has 15 unspecified atom stereocenters. The molecule has 0 spiro atoms. The highest BCUT2D eigenvalue weighted by Gasteiger charge is 2.43. The van der Waals surface area contributed by atoms with Gasteiger partial charge in [-0.3, -0.25) is 15.3 Å². The van der Waals surface area contributed by atoms with Crippen molar-refractivity contribution in [2.75, 3.05) is 20.2 Å². The fourth-order valence-electron chi connectivity index (χ4n) is 11.0. The first-order valence-electron chi connectivity index (χ1n) is 21.4. The number of quaternary nitrogens is 2. The summed E-state index contributed by atoms with van der Waals surface area (Å²) in [4.78, 5) is 29.8. The first-order chi connectivity index (χ1) is 26.1. The van der Waals surface area contributed by atoms with Crippen molar-refractivity contribution in [2.24, 2.45) is 58.1 Å². The summed E-state index contributed by atoms with van der Waals surface area (Å²) in [5.41, 5.74) is 7.55. The Morgan fingerprint density at radius 3 is 2.59 bits per heavy atom. The Morgan fingerprint density at radius 1 is 0.963 bits per heavy atom. The lowest BCUT2D eigenvalue weighted by molar-refractivity contribution is -0.711. The van der Waals surface area contributed by atoms with Crippen molar-refractivity contribution in [2.45, 2.75) is 152 Å². The van der Waals surface area contributed by atoms with Crippen LogP contribution in [0, 0.1) is 65.7 Å². The van der Waals surface area contributed by atoms with Gasteiger partial charge in [0.2, 0.25) is 0 Å². The van der Waals surface area contributed by atoms with E-state index in [0.717, 1.165) is 70.9 Å². The van der Waals surface area contributed by atoms with E-state index in [4.69, 9.17) is 10.5 Å². The third-order valence-electron chi connectivity index (χ3n) is 14.3. The SMILES string of the molecule is COC1CC2CCC(=O)C(C(O)CCCCC3C[NH2+]C4CC(=O)CCC4C3)C#CC(CC(O)C(O)CCC3CC(N)[NH2+]CC3CC3=C[CH+]N=C3)C2CC1O. The van der Waals surface area contributed by atoms with Crippen LogP contribution in [0.1, 0.15) is 109 Å². The van der Waals surface area contributed by atoms with Gasteiger partial charge in [-0.25, -0.2) is 0 Å². The molecule has 0 aromatic carbocycles. The van der Waals surface area contributed by atoms with E-state index in [1.807, 2.05) is 12.8 Å². The molecule has 0 amide bonds. The zero-order chi connectivity index (χ0) is 38.2. The number of carbonyl (C=O) groups excluding carboxylic acids is 2. The number of rotatable bonds is 15. The van der Waals surface area contributed by atoms with E-state index in [1.54, 1.807) is 7.11 Å². The van der Waals surface area contributed by atoms with Crippen LogP contribution in [-0.4, -0.2) is 101 Å². The average Bonchev–Trinajstić information content (AvgIpc) is 3.69. The molecular formula is C43H69N4O7+3. The number of Topliss-reactive ketones (excluding diaryl/α,β-unsaturated/α-hetero) is 2. The standard InChI is InChI=1S/C43H67N4O7/c1-54-42-19-30-9-12-38(50)34(37(49)5-3-2-4-26-16-31-6-10-33(48)21-36(31)46-24-26)11-7-29(35(30)22-41(42)53)18-40(52)39(51)13-8-28-20-43(44)47-25-32(28)17-27-14-15-45-23-27/h14-15,23,26,28-32,34-37,39-43,46-47,49,51-53H,2-6,8-10,12-13,16-22,24-25,44H2,1H3/q+1/p+2. The number of ketones is 2. The Balaban J connectivity index is 1.06. The number of allylic oxidation sites excluding steroid dienone is 1. The van der Waals surface area contributed by atoms with E-state index in [1.165, 1.54) is 12.0 Å². The van der Waals surface area contributed by atoms with Gasteiger partial charge in [0.05, 0.1) is 62.1 Å². The quantitative estimate of drug-likeness (QED) is 0.0736. The largest absolute Gasteiger partial charge is 0.391 e. The van der Waals surface area contributed by atoms with Crippen molar-refractivity contribution < 1.29 is 45.4 Å². The van der Waals surface area contributed by atoms with Gasteiger partial charge in [0, 0.05) is 56.5 Å². The molecule has 6 aliphatic rings. The van der Waals surface area contributed by atoms with Crippen LogP contribution in [0.5, 0.6) is 0 Å². The molecule has 300 valence electrons. The number of unbranched alkanes of at least 4 members (excludes halogenated alkanes) is 1. The topological polar surface area (TPSA) is 196 Å². The zero-order valence-electron chi connectivity index (χ0n) is 32.5. The van der Waals surface area contributed by atoms with Crippen LogP contribution >= 0.6 is 0 Å². The number of aliphatic imine (C=N–C) groups is 1. The van der Waals surface area contributed by atoms with Crippen LogP contribution in [-0.2, 0) is 14.3 Å². The second-order valence-electron chi connectivity index (χ2n) is 18.0. The number of hydrogen-bond acceptors (Lipinski definition) is 9. The fourth-order valence-corrected chi connectivity index (χ4v) is 11.0. The van der Waals surface area contributed by atoms with E-state index in [0.29, 0.717) is 74.0 Å². The molecule has 4 fully saturated rings. The van der Waals surface area contributed by atoms with Crippen molar-refractivity contribution in [3.05, 3.63) is 18.2 Å². The van der Waals surface area contributed by atoms with Crippen molar-refractivity contribution in [3.63, 3.8) is 0 Å². The summed E-state index contributed by atoms with van der Waals surface area (Å²) in [6.45, 7) is 3.81. The van der Waals surface area contributed by atoms with Crippen LogP contribution in [0.4, 0.5) is 0 Å². The predicted octanol–water partition coefficient (Wildman–Crippen LogP) is 1.17. The second kappa shape index (κ2) is 19.8. The molecule has 0 aromatic rings. The van der Waals surface area contributed by atoms with Gasteiger partial charge in [-0.05, 0) is 82.0 Å². The Bertz CT molecular complexity index is 1380. The molecule has 0 radical (unpaired) electrons. The number of carbonyl (C=O) groups is 2. The van der Waals surface area contributed by atoms with Crippen molar-refractivity contribution in [1.82, 2.24) is 0 Å². The van der Waals surface area contributed by atoms with Crippen LogP contribution in [0.15, 0.2) is 16.6 Å².